The predicted molar refractivity (Wildman–Crippen MR) is 59.8 cm³/mol. The first-order valence-electron chi connectivity index (χ1n) is 4.77. The Balaban J connectivity index is 2.50. The van der Waals surface area contributed by atoms with E-state index in [1.807, 2.05) is 36.9 Å². The highest BCUT2D eigenvalue weighted by molar-refractivity contribution is 6.67. The Bertz CT molecular complexity index is 285. The molecule has 0 aromatic heterocycles. The molecule has 0 N–H and O–H groups in total. The molecule has 0 aliphatic carbocycles. The molecule has 1 aromatic carbocycles. The average Bonchev–Trinajstić information content (AvgIpc) is 2.19. The van der Waals surface area contributed by atoms with Crippen molar-refractivity contribution >= 4 is 20.2 Å². The summed E-state index contributed by atoms with van der Waals surface area (Å²) in [5.41, 5.74) is 0. The monoisotopic (exact) mass is 207 g/mol. The van der Waals surface area contributed by atoms with E-state index < -0.39 is 9.04 Å². The third kappa shape index (κ3) is 3.34. The van der Waals surface area contributed by atoms with Gasteiger partial charge in [-0.05, 0) is 18.2 Å². The summed E-state index contributed by atoms with van der Waals surface area (Å²) in [5.74, 6) is -0.122. The number of carbonyl (C=O) groups excluding carboxylic acids is 1. The molecule has 0 saturated heterocycles. The van der Waals surface area contributed by atoms with Crippen molar-refractivity contribution in [2.24, 2.45) is 0 Å². The number of hydrogen-bond acceptors (Lipinski definition) is 2. The third-order valence-corrected chi connectivity index (χ3v) is 3.90. The summed E-state index contributed by atoms with van der Waals surface area (Å²) in [6.45, 7) is 5.63. The summed E-state index contributed by atoms with van der Waals surface area (Å²) in [5, 5.41) is 1.16. The average molecular weight is 207 g/mol. The maximum atomic E-state index is 11.2. The van der Waals surface area contributed by atoms with Crippen LogP contribution < -0.4 is 5.19 Å². The summed E-state index contributed by atoms with van der Waals surface area (Å²) in [6, 6.07) is 9.91. The molecule has 1 rings (SSSR count). The van der Waals surface area contributed by atoms with Gasteiger partial charge in [0.2, 0.25) is 0 Å². The van der Waals surface area contributed by atoms with Gasteiger partial charge in [0.15, 0.2) is 0 Å². The van der Waals surface area contributed by atoms with E-state index in [1.165, 1.54) is 0 Å². The maximum absolute atomic E-state index is 11.2. The van der Waals surface area contributed by atoms with Crippen LogP contribution in [0, 0.1) is 6.92 Å². The molecule has 0 amide bonds. The lowest BCUT2D eigenvalue weighted by Gasteiger charge is -2.11. The molecule has 0 saturated carbocycles. The summed E-state index contributed by atoms with van der Waals surface area (Å²) < 4.78 is 5.34. The number of carbonyl (C=O) groups is 1. The number of benzene rings is 1. The molecule has 1 radical (unpaired) electrons. The Labute approximate surface area is 86.6 Å². The first kappa shape index (κ1) is 11.0. The van der Waals surface area contributed by atoms with Crippen LogP contribution in [0.1, 0.15) is 12.8 Å². The minimum atomic E-state index is -1.53. The van der Waals surface area contributed by atoms with Crippen molar-refractivity contribution in [1.82, 2.24) is 0 Å². The summed E-state index contributed by atoms with van der Waals surface area (Å²) in [4.78, 5) is 11.2. The van der Waals surface area contributed by atoms with Crippen LogP contribution in [0.3, 0.4) is 0 Å². The highest BCUT2D eigenvalue weighted by atomic mass is 28.3. The molecule has 0 fully saturated rings. The Morgan fingerprint density at radius 3 is 2.64 bits per heavy atom. The van der Waals surface area contributed by atoms with E-state index in [9.17, 15) is 4.79 Å². The lowest BCUT2D eigenvalue weighted by Crippen LogP contribution is -2.32. The van der Waals surface area contributed by atoms with E-state index in [-0.39, 0.29) is 5.97 Å². The van der Waals surface area contributed by atoms with Crippen LogP contribution in [0.4, 0.5) is 0 Å². The van der Waals surface area contributed by atoms with Crippen LogP contribution in [0.5, 0.6) is 0 Å². The molecule has 0 bridgehead atoms. The first-order chi connectivity index (χ1) is 6.74. The SMILES string of the molecule is [CH2]CCC(=O)O[SiH](C)c1ccccc1. The molecular weight excluding hydrogens is 192 g/mol. The molecule has 3 heteroatoms. The fourth-order valence-electron chi connectivity index (χ4n) is 1.19. The van der Waals surface area contributed by atoms with Crippen LogP contribution in [0.15, 0.2) is 30.3 Å². The van der Waals surface area contributed by atoms with Gasteiger partial charge in [-0.25, -0.2) is 0 Å². The van der Waals surface area contributed by atoms with Gasteiger partial charge in [-0.2, -0.15) is 0 Å². The quantitative estimate of drug-likeness (QED) is 0.698. The van der Waals surface area contributed by atoms with Crippen molar-refractivity contribution in [3.05, 3.63) is 37.3 Å². The van der Waals surface area contributed by atoms with Crippen LogP contribution in [0.2, 0.25) is 6.55 Å². The van der Waals surface area contributed by atoms with E-state index in [2.05, 4.69) is 6.92 Å². The molecular formula is C11H15O2Si. The standard InChI is InChI=1S/C11H15O2Si/c1-3-7-11(12)13-14(2)10-8-5-4-6-9-10/h4-6,8-9,14H,1,3,7H2,2H3. The number of hydrogen-bond donors (Lipinski definition) is 0. The molecule has 0 heterocycles. The van der Waals surface area contributed by atoms with Crippen LogP contribution in [-0.4, -0.2) is 15.0 Å². The lowest BCUT2D eigenvalue weighted by molar-refractivity contribution is -0.134. The van der Waals surface area contributed by atoms with Gasteiger partial charge in [0.05, 0.1) is 0 Å². The smallest absolute Gasteiger partial charge is 0.292 e. The summed E-state index contributed by atoms with van der Waals surface area (Å²) in [7, 11) is -1.53. The van der Waals surface area contributed by atoms with Gasteiger partial charge in [0.1, 0.15) is 0 Å². The third-order valence-electron chi connectivity index (χ3n) is 1.96. The van der Waals surface area contributed by atoms with Gasteiger partial charge >= 0.3 is 0 Å². The highest BCUT2D eigenvalue weighted by Crippen LogP contribution is 1.95. The van der Waals surface area contributed by atoms with Crippen LogP contribution in [0.25, 0.3) is 0 Å². The van der Waals surface area contributed by atoms with Crippen LogP contribution >= 0.6 is 0 Å². The van der Waals surface area contributed by atoms with Gasteiger partial charge in [-0.1, -0.05) is 37.3 Å². The Morgan fingerprint density at radius 1 is 1.43 bits per heavy atom. The fourth-order valence-corrected chi connectivity index (χ4v) is 2.61. The second-order valence-electron chi connectivity index (χ2n) is 3.15. The van der Waals surface area contributed by atoms with E-state index in [4.69, 9.17) is 4.43 Å². The predicted octanol–water partition coefficient (Wildman–Crippen LogP) is 1.40. The summed E-state index contributed by atoms with van der Waals surface area (Å²) >= 11 is 0. The second kappa shape index (κ2) is 5.60. The second-order valence-corrected chi connectivity index (χ2v) is 5.33. The van der Waals surface area contributed by atoms with Crippen LogP contribution in [-0.2, 0) is 9.22 Å². The topological polar surface area (TPSA) is 26.3 Å². The van der Waals surface area contributed by atoms with Crippen molar-refractivity contribution in [1.29, 1.82) is 0 Å². The molecule has 2 nitrogen and oxygen atoms in total. The van der Waals surface area contributed by atoms with E-state index in [0.29, 0.717) is 12.8 Å². The Kier molecular flexibility index (Phi) is 4.39. The van der Waals surface area contributed by atoms with Gasteiger partial charge in [-0.3, -0.25) is 4.79 Å². The summed E-state index contributed by atoms with van der Waals surface area (Å²) in [6.07, 6.45) is 1.03. The Morgan fingerprint density at radius 2 is 2.07 bits per heavy atom. The highest BCUT2D eigenvalue weighted by Gasteiger charge is 2.12. The largest absolute Gasteiger partial charge is 0.518 e. The molecule has 1 unspecified atom stereocenters. The molecule has 0 aliphatic heterocycles. The maximum Gasteiger partial charge on any atom is 0.292 e. The van der Waals surface area contributed by atoms with Gasteiger partial charge in [-0.15, -0.1) is 0 Å². The Hall–Kier alpha value is -1.09. The van der Waals surface area contributed by atoms with Crippen molar-refractivity contribution in [2.75, 3.05) is 0 Å². The molecule has 0 aliphatic rings. The molecule has 1 aromatic rings. The van der Waals surface area contributed by atoms with E-state index in [1.54, 1.807) is 0 Å². The minimum absolute atomic E-state index is 0.122. The fraction of sp³-hybridized carbons (Fsp3) is 0.273. The molecule has 14 heavy (non-hydrogen) atoms. The van der Waals surface area contributed by atoms with Crippen molar-refractivity contribution < 1.29 is 9.22 Å². The van der Waals surface area contributed by atoms with Gasteiger partial charge in [0, 0.05) is 6.42 Å². The van der Waals surface area contributed by atoms with Gasteiger partial charge in [0.25, 0.3) is 15.0 Å². The normalized spacial score (nSPS) is 12.1. The molecule has 0 spiro atoms. The zero-order valence-electron chi connectivity index (χ0n) is 8.40. The zero-order valence-corrected chi connectivity index (χ0v) is 9.56. The zero-order chi connectivity index (χ0) is 10.4. The molecule has 75 valence electrons. The number of rotatable bonds is 4. The lowest BCUT2D eigenvalue weighted by atomic mass is 10.4. The molecule has 1 atom stereocenters. The van der Waals surface area contributed by atoms with Crippen molar-refractivity contribution in [3.8, 4) is 0 Å². The van der Waals surface area contributed by atoms with E-state index in [0.717, 1.165) is 5.19 Å². The van der Waals surface area contributed by atoms with E-state index >= 15 is 0 Å². The van der Waals surface area contributed by atoms with Gasteiger partial charge < -0.3 is 4.43 Å². The van der Waals surface area contributed by atoms with Crippen molar-refractivity contribution in [2.45, 2.75) is 19.4 Å². The first-order valence-corrected chi connectivity index (χ1v) is 6.98. The minimum Gasteiger partial charge on any atom is -0.518 e. The van der Waals surface area contributed by atoms with Crippen molar-refractivity contribution in [3.63, 3.8) is 0 Å².